The number of piperazine rings is 1. The van der Waals surface area contributed by atoms with Gasteiger partial charge in [0.1, 0.15) is 11.5 Å². The summed E-state index contributed by atoms with van der Waals surface area (Å²) in [4.78, 5) is 10.4. The lowest BCUT2D eigenvalue weighted by molar-refractivity contribution is 0.0361. The van der Waals surface area contributed by atoms with E-state index in [-0.39, 0.29) is 6.04 Å². The maximum atomic E-state index is 5.70. The van der Waals surface area contributed by atoms with Crippen molar-refractivity contribution in [2.45, 2.75) is 32.0 Å². The van der Waals surface area contributed by atoms with E-state index in [1.807, 2.05) is 18.2 Å². The van der Waals surface area contributed by atoms with Crippen LogP contribution in [0.5, 0.6) is 11.5 Å². The van der Waals surface area contributed by atoms with Crippen LogP contribution < -0.4 is 9.47 Å². The van der Waals surface area contributed by atoms with Crippen LogP contribution in [0, 0.1) is 6.92 Å². The molecule has 2 aromatic carbocycles. The Morgan fingerprint density at radius 2 is 1.94 bits per heavy atom. The molecule has 2 bridgehead atoms. The van der Waals surface area contributed by atoms with Gasteiger partial charge in [0.25, 0.3) is 0 Å². The number of para-hydroxylation sites is 1. The van der Waals surface area contributed by atoms with E-state index in [0.717, 1.165) is 49.6 Å². The lowest BCUT2D eigenvalue weighted by atomic mass is 9.96. The molecule has 166 valence electrons. The molecule has 1 aromatic heterocycles. The number of methoxy groups -OCH3 is 2. The predicted molar refractivity (Wildman–Crippen MR) is 128 cm³/mol. The molecule has 0 unspecified atom stereocenters. The van der Waals surface area contributed by atoms with Crippen LogP contribution in [0.3, 0.4) is 0 Å². The summed E-state index contributed by atoms with van der Waals surface area (Å²) in [6.07, 6.45) is 3.05. The van der Waals surface area contributed by atoms with E-state index in [0.29, 0.717) is 6.04 Å². The molecule has 5 heteroatoms. The molecule has 4 heterocycles. The van der Waals surface area contributed by atoms with Crippen molar-refractivity contribution in [3.8, 4) is 11.5 Å². The average Bonchev–Trinajstić information content (AvgIpc) is 3.06. The second-order valence-corrected chi connectivity index (χ2v) is 8.84. The summed E-state index contributed by atoms with van der Waals surface area (Å²) < 4.78 is 11.1. The first kappa shape index (κ1) is 21.0. The highest BCUT2D eigenvalue weighted by molar-refractivity contribution is 5.83. The van der Waals surface area contributed by atoms with Gasteiger partial charge in [-0.15, -0.1) is 6.58 Å². The minimum atomic E-state index is 0.235. The van der Waals surface area contributed by atoms with E-state index >= 15 is 0 Å². The van der Waals surface area contributed by atoms with Crippen LogP contribution in [0.15, 0.2) is 55.1 Å². The number of aromatic nitrogens is 1. The van der Waals surface area contributed by atoms with Gasteiger partial charge in [0.05, 0.1) is 31.5 Å². The number of rotatable bonds is 6. The number of pyridine rings is 1. The van der Waals surface area contributed by atoms with Crippen molar-refractivity contribution in [2.24, 2.45) is 0 Å². The molecule has 0 amide bonds. The molecule has 0 spiro atoms. The normalized spacial score (nSPS) is 20.7. The molecule has 3 aliphatic heterocycles. The van der Waals surface area contributed by atoms with Crippen molar-refractivity contribution in [3.05, 3.63) is 77.5 Å². The molecule has 3 aliphatic rings. The van der Waals surface area contributed by atoms with Gasteiger partial charge >= 0.3 is 0 Å². The lowest BCUT2D eigenvalue weighted by Gasteiger charge is -2.43. The summed E-state index contributed by atoms with van der Waals surface area (Å²) in [7, 11) is 3.41. The zero-order chi connectivity index (χ0) is 22.2. The molecule has 0 aliphatic carbocycles. The van der Waals surface area contributed by atoms with E-state index in [1.165, 1.54) is 27.8 Å². The lowest BCUT2D eigenvalue weighted by Crippen LogP contribution is -2.53. The van der Waals surface area contributed by atoms with E-state index < -0.39 is 0 Å². The zero-order valence-electron chi connectivity index (χ0n) is 19.2. The Morgan fingerprint density at radius 1 is 1.09 bits per heavy atom. The van der Waals surface area contributed by atoms with Crippen molar-refractivity contribution in [2.75, 3.05) is 33.9 Å². The van der Waals surface area contributed by atoms with Gasteiger partial charge in [0.2, 0.25) is 0 Å². The topological polar surface area (TPSA) is 37.8 Å². The first-order chi connectivity index (χ1) is 15.6. The Kier molecular flexibility index (Phi) is 5.62. The molecule has 32 heavy (non-hydrogen) atoms. The molecule has 3 aromatic rings. The Morgan fingerprint density at radius 3 is 2.72 bits per heavy atom. The van der Waals surface area contributed by atoms with Gasteiger partial charge in [-0.3, -0.25) is 14.8 Å². The minimum absolute atomic E-state index is 0.235. The molecule has 5 nitrogen and oxygen atoms in total. The largest absolute Gasteiger partial charge is 0.497 e. The van der Waals surface area contributed by atoms with Gasteiger partial charge in [-0.05, 0) is 36.6 Å². The van der Waals surface area contributed by atoms with Crippen LogP contribution in [-0.4, -0.2) is 54.7 Å². The summed E-state index contributed by atoms with van der Waals surface area (Å²) in [5, 5.41) is 1.27. The number of nitrogens with zero attached hydrogens (tertiary/aromatic N) is 3. The molecule has 2 atom stereocenters. The van der Waals surface area contributed by atoms with Crippen molar-refractivity contribution in [1.29, 1.82) is 0 Å². The third-order valence-electron chi connectivity index (χ3n) is 7.11. The number of hydrogen-bond acceptors (Lipinski definition) is 5. The van der Waals surface area contributed by atoms with Gasteiger partial charge in [-0.25, -0.2) is 0 Å². The van der Waals surface area contributed by atoms with Gasteiger partial charge < -0.3 is 9.47 Å². The summed E-state index contributed by atoms with van der Waals surface area (Å²) in [5.74, 6) is 1.68. The number of aryl methyl sites for hydroxylation is 1. The quantitative estimate of drug-likeness (QED) is 0.538. The van der Waals surface area contributed by atoms with Crippen LogP contribution in [-0.2, 0) is 13.0 Å². The molecule has 6 rings (SSSR count). The third-order valence-corrected chi connectivity index (χ3v) is 7.11. The third kappa shape index (κ3) is 3.55. The fourth-order valence-corrected chi connectivity index (χ4v) is 5.43. The minimum Gasteiger partial charge on any atom is -0.497 e. The van der Waals surface area contributed by atoms with Gasteiger partial charge in [-0.2, -0.15) is 0 Å². The van der Waals surface area contributed by atoms with Gasteiger partial charge in [0, 0.05) is 49.2 Å². The zero-order valence-corrected chi connectivity index (χ0v) is 19.2. The van der Waals surface area contributed by atoms with Crippen molar-refractivity contribution in [1.82, 2.24) is 14.8 Å². The van der Waals surface area contributed by atoms with Crippen LogP contribution in [0.4, 0.5) is 0 Å². The highest BCUT2D eigenvalue weighted by Gasteiger charge is 2.40. The SMILES string of the molecule is C=CCN1C[C@@H]2c3nc4ccccc4c(C)c3C[C@H]1CN2Cc1ccc(OC)cc1OC. The molecular formula is C27H31N3O2. The molecule has 1 saturated heterocycles. The second-order valence-electron chi connectivity index (χ2n) is 8.84. The van der Waals surface area contributed by atoms with Gasteiger partial charge in [-0.1, -0.05) is 30.3 Å². The van der Waals surface area contributed by atoms with Crippen LogP contribution in [0.25, 0.3) is 10.9 Å². The van der Waals surface area contributed by atoms with Crippen LogP contribution in [0.1, 0.15) is 28.4 Å². The Labute approximate surface area is 190 Å². The highest BCUT2D eigenvalue weighted by Crippen LogP contribution is 2.40. The van der Waals surface area contributed by atoms with Crippen molar-refractivity contribution in [3.63, 3.8) is 0 Å². The highest BCUT2D eigenvalue weighted by atomic mass is 16.5. The van der Waals surface area contributed by atoms with E-state index in [9.17, 15) is 0 Å². The first-order valence-electron chi connectivity index (χ1n) is 11.3. The second kappa shape index (κ2) is 8.57. The molecular weight excluding hydrogens is 398 g/mol. The van der Waals surface area contributed by atoms with E-state index in [2.05, 4.69) is 53.6 Å². The molecule has 0 radical (unpaired) electrons. The summed E-state index contributed by atoms with van der Waals surface area (Å²) in [5.41, 5.74) is 6.31. The summed E-state index contributed by atoms with van der Waals surface area (Å²) in [6, 6.07) is 15.3. The monoisotopic (exact) mass is 429 g/mol. The molecule has 1 fully saturated rings. The van der Waals surface area contributed by atoms with Crippen LogP contribution >= 0.6 is 0 Å². The van der Waals surface area contributed by atoms with E-state index in [1.54, 1.807) is 14.2 Å². The van der Waals surface area contributed by atoms with Gasteiger partial charge in [0.15, 0.2) is 0 Å². The van der Waals surface area contributed by atoms with Crippen molar-refractivity contribution < 1.29 is 9.47 Å². The number of hydrogen-bond donors (Lipinski definition) is 0. The predicted octanol–water partition coefficient (Wildman–Crippen LogP) is 4.53. The fourth-order valence-electron chi connectivity index (χ4n) is 5.43. The summed E-state index contributed by atoms with van der Waals surface area (Å²) >= 11 is 0. The molecule has 0 N–H and O–H groups in total. The maximum absolute atomic E-state index is 5.70. The Bertz CT molecular complexity index is 1160. The smallest absolute Gasteiger partial charge is 0.127 e. The number of benzene rings is 2. The van der Waals surface area contributed by atoms with Crippen molar-refractivity contribution >= 4 is 10.9 Å². The Hall–Kier alpha value is -2.89. The molecule has 0 saturated carbocycles. The standard InChI is InChI=1S/C27H31N3O2/c1-5-12-29-17-25-27-23(18(2)22-8-6-7-9-24(22)28-27)13-20(29)16-30(25)15-19-10-11-21(31-3)14-26(19)32-4/h5-11,14,20,25H,1,12-13,15-17H2,2-4H3/t20-,25+/m0/s1. The first-order valence-corrected chi connectivity index (χ1v) is 11.3. The average molecular weight is 430 g/mol. The van der Waals surface area contributed by atoms with E-state index in [4.69, 9.17) is 14.5 Å². The number of ether oxygens (including phenoxy) is 2. The van der Waals surface area contributed by atoms with Crippen LogP contribution in [0.2, 0.25) is 0 Å². The maximum Gasteiger partial charge on any atom is 0.127 e. The number of fused-ring (bicyclic) bond motifs is 3. The fraction of sp³-hybridized carbons (Fsp3) is 0.370. The summed E-state index contributed by atoms with van der Waals surface area (Å²) in [6.45, 7) is 9.97. The Balaban J connectivity index is 1.58.